The van der Waals surface area contributed by atoms with Crippen LogP contribution in [0.3, 0.4) is 0 Å². The van der Waals surface area contributed by atoms with Crippen molar-refractivity contribution in [2.24, 2.45) is 5.92 Å². The molecule has 0 saturated carbocycles. The summed E-state index contributed by atoms with van der Waals surface area (Å²) in [4.78, 5) is 13.0. The van der Waals surface area contributed by atoms with Crippen LogP contribution in [-0.4, -0.2) is 24.4 Å². The SMILES string of the molecule is CC(C#N)CN(C)C(=O)/C=C/c1c(F)cccc1F. The maximum Gasteiger partial charge on any atom is 0.246 e. The summed E-state index contributed by atoms with van der Waals surface area (Å²) in [5.74, 6) is -2.16. The van der Waals surface area contributed by atoms with E-state index in [9.17, 15) is 13.6 Å². The van der Waals surface area contributed by atoms with E-state index in [1.165, 1.54) is 18.0 Å². The summed E-state index contributed by atoms with van der Waals surface area (Å²) in [6.45, 7) is 1.95. The lowest BCUT2D eigenvalue weighted by Crippen LogP contribution is -2.29. The highest BCUT2D eigenvalue weighted by molar-refractivity contribution is 5.91. The fourth-order valence-electron chi connectivity index (χ4n) is 1.49. The molecule has 1 unspecified atom stereocenters. The van der Waals surface area contributed by atoms with Gasteiger partial charge in [-0.05, 0) is 25.1 Å². The normalized spacial score (nSPS) is 12.2. The highest BCUT2D eigenvalue weighted by atomic mass is 19.1. The van der Waals surface area contributed by atoms with Gasteiger partial charge in [-0.25, -0.2) is 8.78 Å². The Kier molecular flexibility index (Phi) is 5.19. The van der Waals surface area contributed by atoms with Crippen molar-refractivity contribution in [3.8, 4) is 6.07 Å². The quantitative estimate of drug-likeness (QED) is 0.784. The summed E-state index contributed by atoms with van der Waals surface area (Å²) in [6, 6.07) is 5.50. The largest absolute Gasteiger partial charge is 0.341 e. The molecule has 0 heterocycles. The molecule has 0 aliphatic rings. The standard InChI is InChI=1S/C14H14F2N2O/c1-10(8-17)9-18(2)14(19)7-6-11-12(15)4-3-5-13(11)16/h3-7,10H,9H2,1-2H3/b7-6+. The minimum absolute atomic E-state index is 0.252. The first-order chi connectivity index (χ1) is 8.95. The van der Waals surface area contributed by atoms with Crippen LogP contribution in [0, 0.1) is 28.9 Å². The van der Waals surface area contributed by atoms with Crippen molar-refractivity contribution in [3.05, 3.63) is 41.5 Å². The first-order valence-electron chi connectivity index (χ1n) is 5.72. The molecule has 0 saturated heterocycles. The van der Waals surface area contributed by atoms with E-state index in [2.05, 4.69) is 0 Å². The predicted molar refractivity (Wildman–Crippen MR) is 67.8 cm³/mol. The molecular weight excluding hydrogens is 250 g/mol. The van der Waals surface area contributed by atoms with Crippen molar-refractivity contribution in [2.75, 3.05) is 13.6 Å². The van der Waals surface area contributed by atoms with Crippen molar-refractivity contribution in [2.45, 2.75) is 6.92 Å². The van der Waals surface area contributed by atoms with Crippen LogP contribution in [-0.2, 0) is 4.79 Å². The molecule has 0 aromatic heterocycles. The fourth-order valence-corrected chi connectivity index (χ4v) is 1.49. The van der Waals surface area contributed by atoms with Crippen molar-refractivity contribution in [3.63, 3.8) is 0 Å². The van der Waals surface area contributed by atoms with Gasteiger partial charge in [0.15, 0.2) is 0 Å². The first-order valence-corrected chi connectivity index (χ1v) is 5.72. The van der Waals surface area contributed by atoms with Crippen LogP contribution in [0.15, 0.2) is 24.3 Å². The van der Waals surface area contributed by atoms with Gasteiger partial charge < -0.3 is 4.90 Å². The zero-order chi connectivity index (χ0) is 14.4. The molecule has 5 heteroatoms. The van der Waals surface area contributed by atoms with Gasteiger partial charge in [-0.1, -0.05) is 6.07 Å². The van der Waals surface area contributed by atoms with Crippen LogP contribution >= 0.6 is 0 Å². The average Bonchev–Trinajstić information content (AvgIpc) is 2.37. The van der Waals surface area contributed by atoms with Crippen molar-refractivity contribution < 1.29 is 13.6 Å². The fraction of sp³-hybridized carbons (Fsp3) is 0.286. The Morgan fingerprint density at radius 3 is 2.58 bits per heavy atom. The number of benzene rings is 1. The molecule has 0 aliphatic carbocycles. The van der Waals surface area contributed by atoms with Crippen LogP contribution in [0.2, 0.25) is 0 Å². The molecule has 0 aliphatic heterocycles. The highest BCUT2D eigenvalue weighted by Gasteiger charge is 2.10. The lowest BCUT2D eigenvalue weighted by atomic mass is 10.1. The minimum Gasteiger partial charge on any atom is -0.341 e. The van der Waals surface area contributed by atoms with Gasteiger partial charge in [0.05, 0.1) is 12.0 Å². The van der Waals surface area contributed by atoms with E-state index >= 15 is 0 Å². The molecule has 1 rings (SSSR count). The minimum atomic E-state index is -0.725. The van der Waals surface area contributed by atoms with Gasteiger partial charge in [0, 0.05) is 25.2 Å². The van der Waals surface area contributed by atoms with Crippen molar-refractivity contribution >= 4 is 12.0 Å². The third kappa shape index (κ3) is 4.18. The van der Waals surface area contributed by atoms with Gasteiger partial charge in [-0.3, -0.25) is 4.79 Å². The Balaban J connectivity index is 2.77. The van der Waals surface area contributed by atoms with Gasteiger partial charge >= 0.3 is 0 Å². The zero-order valence-corrected chi connectivity index (χ0v) is 10.7. The van der Waals surface area contributed by atoms with Gasteiger partial charge in [0.2, 0.25) is 5.91 Å². The van der Waals surface area contributed by atoms with Gasteiger partial charge in [-0.2, -0.15) is 5.26 Å². The average molecular weight is 264 g/mol. The molecule has 1 aromatic rings. The molecule has 0 bridgehead atoms. The summed E-state index contributed by atoms with van der Waals surface area (Å²) in [6.07, 6.45) is 2.19. The number of nitriles is 1. The zero-order valence-electron chi connectivity index (χ0n) is 10.7. The van der Waals surface area contributed by atoms with Gasteiger partial charge in [0.1, 0.15) is 11.6 Å². The lowest BCUT2D eigenvalue weighted by molar-refractivity contribution is -0.125. The van der Waals surface area contributed by atoms with E-state index in [0.29, 0.717) is 0 Å². The number of likely N-dealkylation sites (N-methyl/N-ethyl adjacent to an activating group) is 1. The molecule has 1 aromatic carbocycles. The monoisotopic (exact) mass is 264 g/mol. The Labute approximate surface area is 110 Å². The van der Waals surface area contributed by atoms with Crippen LogP contribution in [0.25, 0.3) is 6.08 Å². The van der Waals surface area contributed by atoms with Crippen molar-refractivity contribution in [1.82, 2.24) is 4.90 Å². The Hall–Kier alpha value is -2.22. The van der Waals surface area contributed by atoms with E-state index in [1.54, 1.807) is 6.92 Å². The highest BCUT2D eigenvalue weighted by Crippen LogP contribution is 2.13. The number of hydrogen-bond donors (Lipinski definition) is 0. The summed E-state index contributed by atoms with van der Waals surface area (Å²) in [7, 11) is 1.53. The molecule has 0 radical (unpaired) electrons. The molecule has 0 spiro atoms. The van der Waals surface area contributed by atoms with Crippen LogP contribution in [0.5, 0.6) is 0 Å². The third-order valence-electron chi connectivity index (χ3n) is 2.54. The molecule has 100 valence electrons. The first kappa shape index (κ1) is 14.8. The topological polar surface area (TPSA) is 44.1 Å². The van der Waals surface area contributed by atoms with E-state index in [1.807, 2.05) is 6.07 Å². The van der Waals surface area contributed by atoms with E-state index in [-0.39, 0.29) is 18.0 Å². The maximum atomic E-state index is 13.3. The number of carbonyl (C=O) groups is 1. The van der Waals surface area contributed by atoms with Crippen molar-refractivity contribution in [1.29, 1.82) is 5.26 Å². The number of halogens is 2. The van der Waals surface area contributed by atoms with E-state index < -0.39 is 17.5 Å². The molecule has 19 heavy (non-hydrogen) atoms. The molecule has 3 nitrogen and oxygen atoms in total. The number of carbonyl (C=O) groups excluding carboxylic acids is 1. The molecule has 0 fully saturated rings. The number of amides is 1. The molecule has 0 N–H and O–H groups in total. The summed E-state index contributed by atoms with van der Waals surface area (Å²) in [5, 5.41) is 8.64. The van der Waals surface area contributed by atoms with Gasteiger partial charge in [-0.15, -0.1) is 0 Å². The van der Waals surface area contributed by atoms with Crippen LogP contribution < -0.4 is 0 Å². The summed E-state index contributed by atoms with van der Waals surface area (Å²) < 4.78 is 26.6. The lowest BCUT2D eigenvalue weighted by Gasteiger charge is -2.15. The summed E-state index contributed by atoms with van der Waals surface area (Å²) in [5.41, 5.74) is -0.252. The maximum absolute atomic E-state index is 13.3. The van der Waals surface area contributed by atoms with Crippen LogP contribution in [0.4, 0.5) is 8.78 Å². The third-order valence-corrected chi connectivity index (χ3v) is 2.54. The summed E-state index contributed by atoms with van der Waals surface area (Å²) >= 11 is 0. The second-order valence-corrected chi connectivity index (χ2v) is 4.22. The Morgan fingerprint density at radius 1 is 1.47 bits per heavy atom. The molecule has 1 amide bonds. The Bertz CT molecular complexity index is 514. The predicted octanol–water partition coefficient (Wildman–Crippen LogP) is 2.60. The van der Waals surface area contributed by atoms with E-state index in [0.717, 1.165) is 24.3 Å². The molecular formula is C14H14F2N2O. The number of nitrogens with zero attached hydrogens (tertiary/aromatic N) is 2. The second kappa shape index (κ2) is 6.64. The van der Waals surface area contributed by atoms with Gasteiger partial charge in [0.25, 0.3) is 0 Å². The Morgan fingerprint density at radius 2 is 2.05 bits per heavy atom. The molecule has 1 atom stereocenters. The van der Waals surface area contributed by atoms with Crippen LogP contribution in [0.1, 0.15) is 12.5 Å². The number of hydrogen-bond acceptors (Lipinski definition) is 2. The second-order valence-electron chi connectivity index (χ2n) is 4.22. The van der Waals surface area contributed by atoms with E-state index in [4.69, 9.17) is 5.26 Å². The number of rotatable bonds is 4. The smallest absolute Gasteiger partial charge is 0.246 e.